The Balaban J connectivity index is 2.47. The zero-order valence-corrected chi connectivity index (χ0v) is 14.4. The average molecular weight is 351 g/mol. The minimum absolute atomic E-state index is 0.0612. The summed E-state index contributed by atoms with van der Waals surface area (Å²) in [6.07, 6.45) is 0.378. The minimum Gasteiger partial charge on any atom is -0.464 e. The summed E-state index contributed by atoms with van der Waals surface area (Å²) in [6.45, 7) is 5.17. The Morgan fingerprint density at radius 1 is 1.26 bits per heavy atom. The summed E-state index contributed by atoms with van der Waals surface area (Å²) in [5, 5.41) is 16.6. The molecule has 134 valence electrons. The minimum atomic E-state index is -4.27. The van der Waals surface area contributed by atoms with E-state index in [1.54, 1.807) is 20.8 Å². The van der Waals surface area contributed by atoms with Crippen molar-refractivity contribution in [2.24, 2.45) is 11.1 Å². The molecule has 0 aromatic rings. The lowest BCUT2D eigenvalue weighted by Crippen LogP contribution is -2.45. The first-order valence-corrected chi connectivity index (χ1v) is 8.91. The van der Waals surface area contributed by atoms with Gasteiger partial charge in [0.15, 0.2) is 0 Å². The molecule has 1 fully saturated rings. The fraction of sp³-hybridized carbons (Fsp3) is 0.846. The molecular formula is C13H25N3O6S. The molecule has 1 aliphatic rings. The van der Waals surface area contributed by atoms with E-state index in [2.05, 4.69) is 5.32 Å². The van der Waals surface area contributed by atoms with Gasteiger partial charge in [0.1, 0.15) is 5.60 Å². The maximum atomic E-state index is 11.7. The molecule has 0 radical (unpaired) electrons. The largest absolute Gasteiger partial charge is 0.464 e. The molecule has 0 atom stereocenters. The highest BCUT2D eigenvalue weighted by Crippen LogP contribution is 2.26. The van der Waals surface area contributed by atoms with Gasteiger partial charge in [0.05, 0.1) is 0 Å². The number of carboxylic acid groups (broad SMARTS) is 1. The number of hydrogen-bond acceptors (Lipinski definition) is 5. The SMILES string of the molecule is CC(C)(C)OC(=O)NC1CCC(CN(C(=O)O)S(N)(=O)=O)CC1. The van der Waals surface area contributed by atoms with Crippen molar-refractivity contribution in [1.29, 1.82) is 0 Å². The first kappa shape index (κ1) is 19.5. The van der Waals surface area contributed by atoms with Gasteiger partial charge in [-0.1, -0.05) is 0 Å². The average Bonchev–Trinajstić information content (AvgIpc) is 2.33. The predicted octanol–water partition coefficient (Wildman–Crippen LogP) is 1.25. The van der Waals surface area contributed by atoms with Gasteiger partial charge in [0, 0.05) is 12.6 Å². The van der Waals surface area contributed by atoms with Crippen LogP contribution in [0.15, 0.2) is 0 Å². The van der Waals surface area contributed by atoms with Crippen LogP contribution in [0.1, 0.15) is 46.5 Å². The van der Waals surface area contributed by atoms with Crippen LogP contribution in [0.4, 0.5) is 9.59 Å². The summed E-state index contributed by atoms with van der Waals surface area (Å²) in [5.41, 5.74) is -0.571. The predicted molar refractivity (Wildman–Crippen MR) is 83.0 cm³/mol. The molecule has 0 unspecified atom stereocenters. The molecule has 0 bridgehead atoms. The third-order valence-corrected chi connectivity index (χ3v) is 4.43. The summed E-state index contributed by atoms with van der Waals surface area (Å²) >= 11 is 0. The summed E-state index contributed by atoms with van der Waals surface area (Å²) in [4.78, 5) is 22.6. The Bertz CT molecular complexity index is 534. The van der Waals surface area contributed by atoms with Crippen LogP contribution in [0.25, 0.3) is 0 Å². The zero-order chi connectivity index (χ0) is 17.8. The highest BCUT2D eigenvalue weighted by atomic mass is 32.2. The van der Waals surface area contributed by atoms with Gasteiger partial charge in [-0.25, -0.2) is 14.7 Å². The molecule has 4 N–H and O–H groups in total. The molecule has 0 aromatic heterocycles. The number of rotatable bonds is 4. The van der Waals surface area contributed by atoms with Crippen molar-refractivity contribution in [2.75, 3.05) is 6.54 Å². The van der Waals surface area contributed by atoms with E-state index in [0.29, 0.717) is 25.7 Å². The van der Waals surface area contributed by atoms with Crippen molar-refractivity contribution >= 4 is 22.4 Å². The van der Waals surface area contributed by atoms with Crippen LogP contribution < -0.4 is 10.5 Å². The number of carbonyl (C=O) groups excluding carboxylic acids is 1. The van der Waals surface area contributed by atoms with E-state index < -0.39 is 28.0 Å². The number of nitrogens with zero attached hydrogens (tertiary/aromatic N) is 1. The Hall–Kier alpha value is -1.55. The first-order valence-electron chi connectivity index (χ1n) is 7.41. The lowest BCUT2D eigenvalue weighted by Gasteiger charge is -2.31. The molecule has 10 heteroatoms. The van der Waals surface area contributed by atoms with Gasteiger partial charge in [0.2, 0.25) is 0 Å². The molecular weight excluding hydrogens is 326 g/mol. The molecule has 1 aliphatic carbocycles. The Labute approximate surface area is 136 Å². The zero-order valence-electron chi connectivity index (χ0n) is 13.6. The van der Waals surface area contributed by atoms with E-state index >= 15 is 0 Å². The quantitative estimate of drug-likeness (QED) is 0.696. The number of ether oxygens (including phenoxy) is 1. The molecule has 1 rings (SSSR count). The van der Waals surface area contributed by atoms with Crippen LogP contribution in [0.5, 0.6) is 0 Å². The number of carbonyl (C=O) groups is 2. The van der Waals surface area contributed by atoms with Gasteiger partial charge >= 0.3 is 22.4 Å². The number of nitrogens with two attached hydrogens (primary N) is 1. The Morgan fingerprint density at radius 3 is 2.17 bits per heavy atom. The standard InChI is InChI=1S/C13H25N3O6S/c1-13(2,3)22-11(17)15-10-6-4-9(5-7-10)8-16(12(18)19)23(14,20)21/h9-10H,4-8H2,1-3H3,(H,15,17)(H,18,19)(H2,14,20,21). The van der Waals surface area contributed by atoms with Gasteiger partial charge < -0.3 is 15.2 Å². The van der Waals surface area contributed by atoms with E-state index in [9.17, 15) is 18.0 Å². The van der Waals surface area contributed by atoms with E-state index in [0.717, 1.165) is 0 Å². The van der Waals surface area contributed by atoms with Crippen LogP contribution >= 0.6 is 0 Å². The van der Waals surface area contributed by atoms with Crippen molar-refractivity contribution < 1.29 is 27.9 Å². The first-order chi connectivity index (χ1) is 10.4. The van der Waals surface area contributed by atoms with Crippen molar-refractivity contribution in [3.8, 4) is 0 Å². The highest BCUT2D eigenvalue weighted by molar-refractivity contribution is 7.87. The maximum absolute atomic E-state index is 11.7. The van der Waals surface area contributed by atoms with E-state index in [1.807, 2.05) is 0 Å². The van der Waals surface area contributed by atoms with Crippen LogP contribution in [-0.4, -0.2) is 48.2 Å². The molecule has 23 heavy (non-hydrogen) atoms. The number of amides is 2. The third kappa shape index (κ3) is 7.04. The summed E-state index contributed by atoms with van der Waals surface area (Å²) in [5.74, 6) is -0.110. The van der Waals surface area contributed by atoms with Crippen LogP contribution in [0, 0.1) is 5.92 Å². The molecule has 0 aliphatic heterocycles. The van der Waals surface area contributed by atoms with Gasteiger partial charge in [-0.05, 0) is 52.4 Å². The molecule has 0 heterocycles. The maximum Gasteiger partial charge on any atom is 0.422 e. The summed E-state index contributed by atoms with van der Waals surface area (Å²) in [6, 6.07) is -0.0612. The monoisotopic (exact) mass is 351 g/mol. The van der Waals surface area contributed by atoms with Crippen molar-refractivity contribution in [3.63, 3.8) is 0 Å². The second-order valence-electron chi connectivity index (χ2n) is 6.72. The lowest BCUT2D eigenvalue weighted by molar-refractivity contribution is 0.0486. The fourth-order valence-electron chi connectivity index (χ4n) is 2.49. The van der Waals surface area contributed by atoms with E-state index in [4.69, 9.17) is 15.0 Å². The van der Waals surface area contributed by atoms with E-state index in [-0.39, 0.29) is 22.8 Å². The fourth-order valence-corrected chi connectivity index (χ4v) is 3.13. The smallest absolute Gasteiger partial charge is 0.422 e. The van der Waals surface area contributed by atoms with E-state index in [1.165, 1.54) is 0 Å². The number of nitrogens with one attached hydrogen (secondary N) is 1. The highest BCUT2D eigenvalue weighted by Gasteiger charge is 2.30. The van der Waals surface area contributed by atoms with Crippen LogP contribution in [0.3, 0.4) is 0 Å². The topological polar surface area (TPSA) is 139 Å². The molecule has 0 spiro atoms. The van der Waals surface area contributed by atoms with Gasteiger partial charge in [0.25, 0.3) is 0 Å². The molecule has 9 nitrogen and oxygen atoms in total. The Morgan fingerprint density at radius 2 is 1.78 bits per heavy atom. The second kappa shape index (κ2) is 7.35. The molecule has 0 aromatic carbocycles. The lowest BCUT2D eigenvalue weighted by atomic mass is 9.86. The van der Waals surface area contributed by atoms with Gasteiger partial charge in [-0.3, -0.25) is 0 Å². The van der Waals surface area contributed by atoms with Crippen molar-refractivity contribution in [1.82, 2.24) is 9.62 Å². The number of alkyl carbamates (subject to hydrolysis) is 1. The van der Waals surface area contributed by atoms with Crippen LogP contribution in [0.2, 0.25) is 0 Å². The van der Waals surface area contributed by atoms with Crippen molar-refractivity contribution in [3.05, 3.63) is 0 Å². The summed E-state index contributed by atoms with van der Waals surface area (Å²) < 4.78 is 27.9. The Kier molecular flexibility index (Phi) is 6.23. The molecule has 0 saturated heterocycles. The van der Waals surface area contributed by atoms with Gasteiger partial charge in [-0.15, -0.1) is 0 Å². The van der Waals surface area contributed by atoms with Crippen LogP contribution in [-0.2, 0) is 14.9 Å². The second-order valence-corrected chi connectivity index (χ2v) is 8.19. The van der Waals surface area contributed by atoms with Gasteiger partial charge in [-0.2, -0.15) is 12.7 Å². The molecule has 1 saturated carbocycles. The number of hydrogen-bond donors (Lipinski definition) is 3. The van der Waals surface area contributed by atoms with Crippen molar-refractivity contribution in [2.45, 2.75) is 58.1 Å². The normalized spacial score (nSPS) is 22.3. The summed E-state index contributed by atoms with van der Waals surface area (Å²) in [7, 11) is -4.27. The molecule has 2 amide bonds. The third-order valence-electron chi connectivity index (χ3n) is 3.51.